The molecule has 0 saturated heterocycles. The van der Waals surface area contributed by atoms with Crippen molar-refractivity contribution in [1.82, 2.24) is 5.32 Å². The zero-order valence-corrected chi connectivity index (χ0v) is 14.7. The van der Waals surface area contributed by atoms with Crippen LogP contribution in [0.4, 0.5) is 0 Å². The lowest BCUT2D eigenvalue weighted by atomic mass is 9.85. The van der Waals surface area contributed by atoms with E-state index in [1.165, 1.54) is 32.1 Å². The molecule has 3 heteroatoms. The Bertz CT molecular complexity index is 258. The van der Waals surface area contributed by atoms with E-state index in [1.807, 2.05) is 0 Å². The van der Waals surface area contributed by atoms with E-state index in [0.29, 0.717) is 25.2 Å². The van der Waals surface area contributed by atoms with Gasteiger partial charge in [-0.25, -0.2) is 0 Å². The predicted molar refractivity (Wildman–Crippen MR) is 89.6 cm³/mol. The van der Waals surface area contributed by atoms with Gasteiger partial charge < -0.3 is 15.2 Å². The predicted octanol–water partition coefficient (Wildman–Crippen LogP) is 3.89. The minimum atomic E-state index is -0.395. The third kappa shape index (κ3) is 5.88. The van der Waals surface area contributed by atoms with E-state index in [4.69, 9.17) is 4.74 Å². The second kappa shape index (κ2) is 9.81. The summed E-state index contributed by atoms with van der Waals surface area (Å²) in [5.74, 6) is 0.694. The number of hydrogen-bond donors (Lipinski definition) is 2. The molecule has 0 heterocycles. The number of nitrogens with one attached hydrogen (secondary N) is 1. The molecule has 0 spiro atoms. The van der Waals surface area contributed by atoms with Crippen LogP contribution >= 0.6 is 0 Å². The Balaban J connectivity index is 2.31. The largest absolute Gasteiger partial charge is 0.389 e. The van der Waals surface area contributed by atoms with Gasteiger partial charge in [0, 0.05) is 12.1 Å². The lowest BCUT2D eigenvalue weighted by Crippen LogP contribution is -2.48. The Labute approximate surface area is 131 Å². The van der Waals surface area contributed by atoms with Crippen LogP contribution in [0.15, 0.2) is 0 Å². The first kappa shape index (κ1) is 18.9. The van der Waals surface area contributed by atoms with Crippen LogP contribution in [-0.2, 0) is 4.74 Å². The Kier molecular flexibility index (Phi) is 8.84. The molecule has 0 aromatic heterocycles. The zero-order chi connectivity index (χ0) is 15.7. The third-order valence-corrected chi connectivity index (χ3v) is 5.61. The molecular weight excluding hydrogens is 262 g/mol. The van der Waals surface area contributed by atoms with Crippen molar-refractivity contribution in [2.75, 3.05) is 13.2 Å². The molecule has 1 fully saturated rings. The molecule has 0 radical (unpaired) electrons. The SMILES string of the molecule is CCC1CCCCC1OCC(O)CNC(CC)(CC)CC. The topological polar surface area (TPSA) is 41.5 Å². The van der Waals surface area contributed by atoms with Crippen molar-refractivity contribution < 1.29 is 9.84 Å². The highest BCUT2D eigenvalue weighted by atomic mass is 16.5. The summed E-state index contributed by atoms with van der Waals surface area (Å²) >= 11 is 0. The quantitative estimate of drug-likeness (QED) is 0.643. The van der Waals surface area contributed by atoms with E-state index < -0.39 is 6.10 Å². The van der Waals surface area contributed by atoms with Gasteiger partial charge in [-0.2, -0.15) is 0 Å². The lowest BCUT2D eigenvalue weighted by molar-refractivity contribution is -0.0514. The van der Waals surface area contributed by atoms with E-state index in [1.54, 1.807) is 0 Å². The van der Waals surface area contributed by atoms with Crippen LogP contribution in [0.1, 0.15) is 79.1 Å². The summed E-state index contributed by atoms with van der Waals surface area (Å²) in [6.45, 7) is 10.0. The van der Waals surface area contributed by atoms with E-state index in [2.05, 4.69) is 33.0 Å². The standard InChI is InChI=1S/C18H37NO2/c1-5-15-11-9-10-12-17(15)21-14-16(20)13-19-18(6-2,7-3)8-4/h15-17,19-20H,5-14H2,1-4H3. The molecule has 1 aliphatic carbocycles. The van der Waals surface area contributed by atoms with Gasteiger partial charge >= 0.3 is 0 Å². The molecule has 21 heavy (non-hydrogen) atoms. The summed E-state index contributed by atoms with van der Waals surface area (Å²) < 4.78 is 6.02. The molecule has 0 amide bonds. The van der Waals surface area contributed by atoms with Crippen LogP contribution in [0.2, 0.25) is 0 Å². The maximum Gasteiger partial charge on any atom is 0.0898 e. The van der Waals surface area contributed by atoms with Crippen LogP contribution in [-0.4, -0.2) is 36.0 Å². The van der Waals surface area contributed by atoms with Gasteiger partial charge in [-0.15, -0.1) is 0 Å². The number of aliphatic hydroxyl groups excluding tert-OH is 1. The Hall–Kier alpha value is -0.120. The summed E-state index contributed by atoms with van der Waals surface area (Å²) in [6.07, 6.45) is 9.57. The number of rotatable bonds is 10. The molecular formula is C18H37NO2. The highest BCUT2D eigenvalue weighted by Gasteiger charge is 2.26. The highest BCUT2D eigenvalue weighted by Crippen LogP contribution is 2.29. The molecule has 2 N–H and O–H groups in total. The second-order valence-corrected chi connectivity index (χ2v) is 6.70. The van der Waals surface area contributed by atoms with Crippen molar-refractivity contribution in [3.05, 3.63) is 0 Å². The first-order valence-electron chi connectivity index (χ1n) is 9.15. The highest BCUT2D eigenvalue weighted by molar-refractivity contribution is 4.85. The molecule has 0 aliphatic heterocycles. The maximum atomic E-state index is 10.2. The van der Waals surface area contributed by atoms with Gasteiger partial charge in [-0.05, 0) is 38.0 Å². The van der Waals surface area contributed by atoms with Crippen LogP contribution in [0.5, 0.6) is 0 Å². The average Bonchev–Trinajstić information content (AvgIpc) is 2.55. The molecule has 3 nitrogen and oxygen atoms in total. The maximum absolute atomic E-state index is 10.2. The average molecular weight is 299 g/mol. The van der Waals surface area contributed by atoms with Crippen LogP contribution in [0, 0.1) is 5.92 Å². The fourth-order valence-corrected chi connectivity index (χ4v) is 3.61. The van der Waals surface area contributed by atoms with Crippen molar-refractivity contribution in [2.45, 2.75) is 96.8 Å². The van der Waals surface area contributed by atoms with E-state index in [9.17, 15) is 5.11 Å². The van der Waals surface area contributed by atoms with Crippen molar-refractivity contribution in [2.24, 2.45) is 5.92 Å². The molecule has 1 saturated carbocycles. The van der Waals surface area contributed by atoms with Crippen LogP contribution < -0.4 is 5.32 Å². The minimum absolute atomic E-state index is 0.178. The molecule has 3 unspecified atom stereocenters. The first-order valence-corrected chi connectivity index (χ1v) is 9.15. The van der Waals surface area contributed by atoms with Crippen molar-refractivity contribution >= 4 is 0 Å². The fourth-order valence-electron chi connectivity index (χ4n) is 3.61. The molecule has 1 rings (SSSR count). The molecule has 1 aliphatic rings. The van der Waals surface area contributed by atoms with Gasteiger partial charge in [0.15, 0.2) is 0 Å². The summed E-state index contributed by atoms with van der Waals surface area (Å²) in [7, 11) is 0. The van der Waals surface area contributed by atoms with Crippen molar-refractivity contribution in [3.63, 3.8) is 0 Å². The number of β-amino-alcohol motifs (C(OH)–C–C–N with tert-alkyl or cyclic N) is 1. The number of ether oxygens (including phenoxy) is 1. The van der Waals surface area contributed by atoms with Crippen molar-refractivity contribution in [3.8, 4) is 0 Å². The Morgan fingerprint density at radius 1 is 1.10 bits per heavy atom. The van der Waals surface area contributed by atoms with Gasteiger partial charge in [-0.3, -0.25) is 0 Å². The molecule has 126 valence electrons. The smallest absolute Gasteiger partial charge is 0.0898 e. The van der Waals surface area contributed by atoms with Crippen LogP contribution in [0.3, 0.4) is 0 Å². The van der Waals surface area contributed by atoms with Gasteiger partial charge in [0.1, 0.15) is 0 Å². The summed E-state index contributed by atoms with van der Waals surface area (Å²) in [5.41, 5.74) is 0.178. The van der Waals surface area contributed by atoms with E-state index >= 15 is 0 Å². The molecule has 0 aromatic rings. The van der Waals surface area contributed by atoms with E-state index in [0.717, 1.165) is 19.3 Å². The molecule has 0 bridgehead atoms. The zero-order valence-electron chi connectivity index (χ0n) is 14.7. The lowest BCUT2D eigenvalue weighted by Gasteiger charge is -2.34. The Morgan fingerprint density at radius 2 is 1.71 bits per heavy atom. The first-order chi connectivity index (χ1) is 10.1. The fraction of sp³-hybridized carbons (Fsp3) is 1.00. The van der Waals surface area contributed by atoms with Gasteiger partial charge in [0.25, 0.3) is 0 Å². The van der Waals surface area contributed by atoms with Crippen LogP contribution in [0.25, 0.3) is 0 Å². The third-order valence-electron chi connectivity index (χ3n) is 5.61. The molecule has 0 aromatic carbocycles. The number of hydrogen-bond acceptors (Lipinski definition) is 3. The second-order valence-electron chi connectivity index (χ2n) is 6.70. The summed E-state index contributed by atoms with van der Waals surface area (Å²) in [5, 5.41) is 13.8. The van der Waals surface area contributed by atoms with Crippen molar-refractivity contribution in [1.29, 1.82) is 0 Å². The Morgan fingerprint density at radius 3 is 2.29 bits per heavy atom. The number of aliphatic hydroxyl groups is 1. The summed E-state index contributed by atoms with van der Waals surface area (Å²) in [4.78, 5) is 0. The van der Waals surface area contributed by atoms with Gasteiger partial charge in [0.05, 0.1) is 18.8 Å². The van der Waals surface area contributed by atoms with E-state index in [-0.39, 0.29) is 5.54 Å². The van der Waals surface area contributed by atoms with Gasteiger partial charge in [-0.1, -0.05) is 47.0 Å². The molecule has 3 atom stereocenters. The summed E-state index contributed by atoms with van der Waals surface area (Å²) in [6, 6.07) is 0. The monoisotopic (exact) mass is 299 g/mol. The minimum Gasteiger partial charge on any atom is -0.389 e. The van der Waals surface area contributed by atoms with Gasteiger partial charge in [0.2, 0.25) is 0 Å². The normalized spacial score (nSPS) is 25.0.